The lowest BCUT2D eigenvalue weighted by Gasteiger charge is -2.21. The Morgan fingerprint density at radius 2 is 1.77 bits per heavy atom. The molecule has 0 saturated heterocycles. The van der Waals surface area contributed by atoms with Crippen molar-refractivity contribution >= 4 is 5.91 Å². The van der Waals surface area contributed by atoms with E-state index in [1.165, 1.54) is 22.3 Å². The molecule has 1 heterocycles. The van der Waals surface area contributed by atoms with Crippen molar-refractivity contribution in [3.05, 3.63) is 70.3 Å². The molecular weight excluding hydrogens is 272 g/mol. The highest BCUT2D eigenvalue weighted by molar-refractivity contribution is 5.82. The van der Waals surface area contributed by atoms with E-state index >= 15 is 0 Å². The number of benzene rings is 2. The summed E-state index contributed by atoms with van der Waals surface area (Å²) < 4.78 is 0. The van der Waals surface area contributed by atoms with Gasteiger partial charge in [0, 0.05) is 13.1 Å². The van der Waals surface area contributed by atoms with Crippen LogP contribution in [0.1, 0.15) is 27.8 Å². The summed E-state index contributed by atoms with van der Waals surface area (Å²) in [6.07, 6.45) is 0.595. The normalized spacial score (nSPS) is 14.8. The van der Waals surface area contributed by atoms with Gasteiger partial charge < -0.3 is 10.6 Å². The molecule has 2 aromatic carbocycles. The highest BCUT2D eigenvalue weighted by atomic mass is 16.2. The Morgan fingerprint density at radius 1 is 1.14 bits per heavy atom. The van der Waals surface area contributed by atoms with Gasteiger partial charge in [-0.2, -0.15) is 0 Å². The predicted molar refractivity (Wildman–Crippen MR) is 88.3 cm³/mol. The first-order valence-electron chi connectivity index (χ1n) is 7.72. The average molecular weight is 294 g/mol. The van der Waals surface area contributed by atoms with Crippen LogP contribution in [0.15, 0.2) is 42.5 Å². The van der Waals surface area contributed by atoms with Gasteiger partial charge in [-0.15, -0.1) is 0 Å². The number of amides is 1. The zero-order chi connectivity index (χ0) is 15.7. The lowest BCUT2D eigenvalue weighted by Crippen LogP contribution is -2.42. The first-order valence-corrected chi connectivity index (χ1v) is 7.72. The number of aryl methyl sites for hydroxylation is 2. The molecule has 0 saturated carbocycles. The Balaban J connectivity index is 1.68. The number of carbonyl (C=O) groups excluding carboxylic acids is 1. The quantitative estimate of drug-likeness (QED) is 0.946. The summed E-state index contributed by atoms with van der Waals surface area (Å²) >= 11 is 0. The summed E-state index contributed by atoms with van der Waals surface area (Å²) in [5.41, 5.74) is 12.2. The van der Waals surface area contributed by atoms with E-state index in [0.717, 1.165) is 5.56 Å². The summed E-state index contributed by atoms with van der Waals surface area (Å²) in [5.74, 6) is 0.0381. The molecule has 0 radical (unpaired) electrons. The smallest absolute Gasteiger partial charge is 0.240 e. The van der Waals surface area contributed by atoms with E-state index in [-0.39, 0.29) is 5.91 Å². The van der Waals surface area contributed by atoms with Crippen LogP contribution in [0.2, 0.25) is 0 Å². The van der Waals surface area contributed by atoms with Gasteiger partial charge in [0.05, 0.1) is 6.04 Å². The Kier molecular flexibility index (Phi) is 3.99. The van der Waals surface area contributed by atoms with Crippen LogP contribution in [0.4, 0.5) is 0 Å². The van der Waals surface area contributed by atoms with Gasteiger partial charge >= 0.3 is 0 Å². The third kappa shape index (κ3) is 2.90. The number of carbonyl (C=O) groups is 1. The molecule has 3 rings (SSSR count). The van der Waals surface area contributed by atoms with Crippen molar-refractivity contribution in [2.75, 3.05) is 0 Å². The topological polar surface area (TPSA) is 46.3 Å². The van der Waals surface area contributed by atoms with Crippen molar-refractivity contribution in [2.24, 2.45) is 5.73 Å². The average Bonchev–Trinajstić information content (AvgIpc) is 2.93. The van der Waals surface area contributed by atoms with E-state index < -0.39 is 6.04 Å². The Labute approximate surface area is 131 Å². The second-order valence-electron chi connectivity index (χ2n) is 6.20. The van der Waals surface area contributed by atoms with Gasteiger partial charge in [-0.25, -0.2) is 0 Å². The summed E-state index contributed by atoms with van der Waals surface area (Å²) in [4.78, 5) is 14.5. The zero-order valence-electron chi connectivity index (χ0n) is 13.2. The lowest BCUT2D eigenvalue weighted by molar-refractivity contribution is -0.133. The Morgan fingerprint density at radius 3 is 2.36 bits per heavy atom. The fraction of sp³-hybridized carbons (Fsp3) is 0.316. The Bertz CT molecular complexity index is 683. The Hall–Kier alpha value is -2.13. The molecule has 0 aliphatic carbocycles. The molecule has 3 heteroatoms. The highest BCUT2D eigenvalue weighted by Gasteiger charge is 2.27. The van der Waals surface area contributed by atoms with E-state index in [0.29, 0.717) is 19.5 Å². The lowest BCUT2D eigenvalue weighted by atomic mass is 9.99. The predicted octanol–water partition coefficient (Wildman–Crippen LogP) is 2.72. The molecule has 1 aliphatic rings. The molecule has 3 nitrogen and oxygen atoms in total. The monoisotopic (exact) mass is 294 g/mol. The molecule has 2 aromatic rings. The van der Waals surface area contributed by atoms with Crippen LogP contribution in [0.3, 0.4) is 0 Å². The number of hydrogen-bond donors (Lipinski definition) is 1. The molecule has 0 spiro atoms. The van der Waals surface area contributed by atoms with Crippen LogP contribution in [0.5, 0.6) is 0 Å². The number of rotatable bonds is 3. The van der Waals surface area contributed by atoms with Gasteiger partial charge in [-0.1, -0.05) is 48.0 Å². The summed E-state index contributed by atoms with van der Waals surface area (Å²) in [6, 6.07) is 14.0. The molecule has 0 aromatic heterocycles. The van der Waals surface area contributed by atoms with Crippen molar-refractivity contribution in [3.63, 3.8) is 0 Å². The fourth-order valence-corrected chi connectivity index (χ4v) is 3.12. The number of nitrogens with two attached hydrogens (primary N) is 1. The van der Waals surface area contributed by atoms with Gasteiger partial charge in [0.2, 0.25) is 5.91 Å². The van der Waals surface area contributed by atoms with Crippen LogP contribution in [0.25, 0.3) is 0 Å². The van der Waals surface area contributed by atoms with Crippen molar-refractivity contribution in [2.45, 2.75) is 39.4 Å². The zero-order valence-corrected chi connectivity index (χ0v) is 13.2. The van der Waals surface area contributed by atoms with Crippen LogP contribution < -0.4 is 5.73 Å². The maximum atomic E-state index is 12.6. The van der Waals surface area contributed by atoms with Gasteiger partial charge in [-0.05, 0) is 42.5 Å². The minimum Gasteiger partial charge on any atom is -0.333 e. The number of nitrogens with zero attached hydrogens (tertiary/aromatic N) is 1. The molecule has 114 valence electrons. The third-order valence-electron chi connectivity index (χ3n) is 4.41. The molecule has 22 heavy (non-hydrogen) atoms. The van der Waals surface area contributed by atoms with Crippen LogP contribution in [0, 0.1) is 13.8 Å². The van der Waals surface area contributed by atoms with Crippen LogP contribution >= 0.6 is 0 Å². The van der Waals surface area contributed by atoms with Crippen molar-refractivity contribution < 1.29 is 4.79 Å². The molecule has 1 amide bonds. The second-order valence-corrected chi connectivity index (χ2v) is 6.20. The van der Waals surface area contributed by atoms with Gasteiger partial charge in [-0.3, -0.25) is 4.79 Å². The van der Waals surface area contributed by atoms with E-state index in [2.05, 4.69) is 44.2 Å². The maximum absolute atomic E-state index is 12.6. The third-order valence-corrected chi connectivity index (χ3v) is 4.41. The van der Waals surface area contributed by atoms with Crippen molar-refractivity contribution in [3.8, 4) is 0 Å². The molecule has 1 unspecified atom stereocenters. The van der Waals surface area contributed by atoms with Crippen LogP contribution in [-0.4, -0.2) is 16.8 Å². The standard InChI is InChI=1S/C19H22N2O/c1-13-7-8-15(14(2)9-13)10-18(20)19(22)21-11-16-5-3-4-6-17(16)12-21/h3-9,18H,10-12,20H2,1-2H3. The van der Waals surface area contributed by atoms with E-state index in [1.54, 1.807) is 0 Å². The first-order chi connectivity index (χ1) is 10.5. The molecule has 0 fully saturated rings. The van der Waals surface area contributed by atoms with Crippen molar-refractivity contribution in [1.82, 2.24) is 4.90 Å². The van der Waals surface area contributed by atoms with E-state index in [4.69, 9.17) is 5.73 Å². The highest BCUT2D eigenvalue weighted by Crippen LogP contribution is 2.23. The van der Waals surface area contributed by atoms with Gasteiger partial charge in [0.1, 0.15) is 0 Å². The van der Waals surface area contributed by atoms with Crippen molar-refractivity contribution in [1.29, 1.82) is 0 Å². The van der Waals surface area contributed by atoms with E-state index in [9.17, 15) is 4.79 Å². The molecular formula is C19H22N2O. The second kappa shape index (κ2) is 5.93. The van der Waals surface area contributed by atoms with E-state index in [1.807, 2.05) is 17.0 Å². The summed E-state index contributed by atoms with van der Waals surface area (Å²) in [7, 11) is 0. The number of fused-ring (bicyclic) bond motifs is 1. The fourth-order valence-electron chi connectivity index (χ4n) is 3.12. The number of hydrogen-bond acceptors (Lipinski definition) is 2. The molecule has 1 atom stereocenters. The minimum atomic E-state index is -0.476. The van der Waals surface area contributed by atoms with Gasteiger partial charge in [0.25, 0.3) is 0 Å². The SMILES string of the molecule is Cc1ccc(CC(N)C(=O)N2Cc3ccccc3C2)c(C)c1. The summed E-state index contributed by atoms with van der Waals surface area (Å²) in [5, 5.41) is 0. The molecule has 2 N–H and O–H groups in total. The van der Waals surface area contributed by atoms with Crippen LogP contribution in [-0.2, 0) is 24.3 Å². The first kappa shape index (κ1) is 14.8. The maximum Gasteiger partial charge on any atom is 0.240 e. The summed E-state index contributed by atoms with van der Waals surface area (Å²) in [6.45, 7) is 5.50. The molecule has 1 aliphatic heterocycles. The van der Waals surface area contributed by atoms with Gasteiger partial charge in [0.15, 0.2) is 0 Å². The largest absolute Gasteiger partial charge is 0.333 e. The molecule has 0 bridgehead atoms. The minimum absolute atomic E-state index is 0.0381.